The number of alkyl carbamates (subject to hydrolysis) is 1. The van der Waals surface area contributed by atoms with E-state index in [1.54, 1.807) is 26.2 Å². The molecule has 0 aromatic carbocycles. The van der Waals surface area contributed by atoms with Crippen molar-refractivity contribution in [3.63, 3.8) is 0 Å². The topological polar surface area (TPSA) is 252 Å². The van der Waals surface area contributed by atoms with Crippen LogP contribution in [0.5, 0.6) is 0 Å². The van der Waals surface area contributed by atoms with E-state index in [1.165, 1.54) is 0 Å². The van der Waals surface area contributed by atoms with Crippen LogP contribution >= 0.6 is 0 Å². The molecule has 1 aliphatic heterocycles. The van der Waals surface area contributed by atoms with Crippen LogP contribution in [0.1, 0.15) is 33.6 Å². The summed E-state index contributed by atoms with van der Waals surface area (Å²) in [6.45, 7) is 4.28. The number of rotatable bonds is 9. The summed E-state index contributed by atoms with van der Waals surface area (Å²) in [5, 5.41) is 59.3. The SMILES string of the molecule is CC(C)(C)OC(=O)N[C@H](CCCN=C(N)NN([O-])O)C(=O)OC[C@H]1O[C@H](O)[C@@H](O)[C@@H](O)[C@H]1O. The molecule has 1 amide bonds. The second-order valence-electron chi connectivity index (χ2n) is 8.16. The van der Waals surface area contributed by atoms with Gasteiger partial charge in [0.15, 0.2) is 6.29 Å². The molecule has 1 rings (SSSR count). The largest absolute Gasteiger partial charge is 0.744 e. The first-order chi connectivity index (χ1) is 15.2. The number of amides is 1. The second kappa shape index (κ2) is 12.8. The molecule has 192 valence electrons. The summed E-state index contributed by atoms with van der Waals surface area (Å²) < 4.78 is 15.1. The molecule has 9 N–H and O–H groups in total. The van der Waals surface area contributed by atoms with Crippen molar-refractivity contribution in [1.82, 2.24) is 16.1 Å². The van der Waals surface area contributed by atoms with Crippen molar-refractivity contribution in [1.29, 1.82) is 0 Å². The van der Waals surface area contributed by atoms with Crippen LogP contribution in [0.25, 0.3) is 0 Å². The van der Waals surface area contributed by atoms with Crippen molar-refractivity contribution in [2.24, 2.45) is 10.7 Å². The maximum Gasteiger partial charge on any atom is 0.408 e. The van der Waals surface area contributed by atoms with E-state index in [1.807, 2.05) is 0 Å². The molecule has 16 nitrogen and oxygen atoms in total. The fraction of sp³-hybridized carbons (Fsp3) is 0.824. The Labute approximate surface area is 189 Å². The zero-order chi connectivity index (χ0) is 25.3. The lowest BCUT2D eigenvalue weighted by molar-refractivity contribution is -0.287. The molecule has 0 spiro atoms. The number of carbonyl (C=O) groups is 2. The molecule has 33 heavy (non-hydrogen) atoms. The predicted octanol–water partition coefficient (Wildman–Crippen LogP) is -2.99. The van der Waals surface area contributed by atoms with Gasteiger partial charge in [-0.15, -0.1) is 0 Å². The van der Waals surface area contributed by atoms with Gasteiger partial charge >= 0.3 is 12.1 Å². The minimum Gasteiger partial charge on any atom is -0.744 e. The standard InChI is InChI=1S/C17H32N5O11/c1-17(2,3)33-16(28)20-8(5-4-6-19-15(18)21-22(29)30)13(26)31-7-9-10(23)11(24)12(25)14(27)32-9/h8-12,14,23-25,27,29H,4-7H2,1-3H3,(H,20,28)(H3,18,19,21)/q-1/t8-,9-,10+,11+,12+,14+/m1/s1. The highest BCUT2D eigenvalue weighted by molar-refractivity contribution is 5.81. The van der Waals surface area contributed by atoms with Crippen molar-refractivity contribution in [3.05, 3.63) is 5.21 Å². The van der Waals surface area contributed by atoms with Crippen LogP contribution in [-0.4, -0.2) is 104 Å². The van der Waals surface area contributed by atoms with E-state index in [0.29, 0.717) is 0 Å². The molecular weight excluding hydrogens is 450 g/mol. The number of hydrazine groups is 1. The highest BCUT2D eigenvalue weighted by Gasteiger charge is 2.43. The number of hydrogen-bond donors (Lipinski definition) is 8. The van der Waals surface area contributed by atoms with Gasteiger partial charge in [0.2, 0.25) is 5.96 Å². The zero-order valence-electron chi connectivity index (χ0n) is 18.4. The Balaban J connectivity index is 2.72. The Kier molecular flexibility index (Phi) is 11.1. The number of guanidine groups is 1. The van der Waals surface area contributed by atoms with E-state index in [0.717, 1.165) is 0 Å². The third kappa shape index (κ3) is 10.4. The molecule has 0 bridgehead atoms. The van der Waals surface area contributed by atoms with Gasteiger partial charge in [0.25, 0.3) is 0 Å². The third-order valence-corrected chi connectivity index (χ3v) is 4.20. The first kappa shape index (κ1) is 28.7. The Hall–Kier alpha value is -2.31. The van der Waals surface area contributed by atoms with Crippen molar-refractivity contribution in [2.75, 3.05) is 13.2 Å². The molecule has 0 aromatic rings. The number of nitrogens with two attached hydrogens (primary N) is 1. The Morgan fingerprint density at radius 1 is 1.21 bits per heavy atom. The quantitative estimate of drug-likeness (QED) is 0.0536. The van der Waals surface area contributed by atoms with Gasteiger partial charge in [-0.25, -0.2) is 9.59 Å². The predicted molar refractivity (Wildman–Crippen MR) is 109 cm³/mol. The number of esters is 1. The van der Waals surface area contributed by atoms with Gasteiger partial charge in [0.05, 0.1) is 0 Å². The average molecular weight is 482 g/mol. The van der Waals surface area contributed by atoms with Gasteiger partial charge in [-0.05, 0) is 33.6 Å². The number of nitrogens with zero attached hydrogens (tertiary/aromatic N) is 2. The summed E-state index contributed by atoms with van der Waals surface area (Å²) in [5.41, 5.74) is 6.26. The molecule has 1 aliphatic rings. The van der Waals surface area contributed by atoms with Crippen LogP contribution < -0.4 is 16.5 Å². The van der Waals surface area contributed by atoms with Gasteiger partial charge in [0.1, 0.15) is 42.7 Å². The van der Waals surface area contributed by atoms with E-state index in [2.05, 4.69) is 10.3 Å². The number of ether oxygens (including phenoxy) is 3. The molecule has 16 heteroatoms. The molecule has 0 unspecified atom stereocenters. The first-order valence-corrected chi connectivity index (χ1v) is 9.98. The molecule has 0 radical (unpaired) electrons. The maximum atomic E-state index is 12.5. The van der Waals surface area contributed by atoms with Crippen LogP contribution in [-0.2, 0) is 19.0 Å². The summed E-state index contributed by atoms with van der Waals surface area (Å²) in [4.78, 5) is 28.4. The summed E-state index contributed by atoms with van der Waals surface area (Å²) in [6, 6.07) is -1.22. The van der Waals surface area contributed by atoms with Crippen molar-refractivity contribution < 1.29 is 49.4 Å². The summed E-state index contributed by atoms with van der Waals surface area (Å²) in [5.74, 6) is -1.32. The fourth-order valence-corrected chi connectivity index (χ4v) is 2.66. The van der Waals surface area contributed by atoms with Crippen LogP contribution in [0.2, 0.25) is 0 Å². The van der Waals surface area contributed by atoms with Crippen LogP contribution in [0.3, 0.4) is 0 Å². The number of nitrogens with one attached hydrogen (secondary N) is 2. The number of hydrogen-bond acceptors (Lipinski definition) is 13. The van der Waals surface area contributed by atoms with Crippen LogP contribution in [0.4, 0.5) is 4.79 Å². The van der Waals surface area contributed by atoms with Crippen molar-refractivity contribution in [3.8, 4) is 0 Å². The fourth-order valence-electron chi connectivity index (χ4n) is 2.66. The molecule has 0 aliphatic carbocycles. The van der Waals surface area contributed by atoms with Crippen LogP contribution in [0.15, 0.2) is 4.99 Å². The van der Waals surface area contributed by atoms with Crippen LogP contribution in [0, 0.1) is 5.21 Å². The highest BCUT2D eigenvalue weighted by Crippen LogP contribution is 2.20. The van der Waals surface area contributed by atoms with Gasteiger partial charge in [-0.1, -0.05) is 0 Å². The molecule has 1 heterocycles. The average Bonchev–Trinajstić information content (AvgIpc) is 2.68. The van der Waals surface area contributed by atoms with Gasteiger partial charge in [0, 0.05) is 6.54 Å². The number of aliphatic imine (C=N–C) groups is 1. The molecule has 1 saturated heterocycles. The minimum absolute atomic E-state index is 0.00683. The Bertz CT molecular complexity index is 672. The molecule has 0 aromatic heterocycles. The van der Waals surface area contributed by atoms with E-state index in [-0.39, 0.29) is 25.3 Å². The first-order valence-electron chi connectivity index (χ1n) is 9.98. The molecule has 1 fully saturated rings. The van der Waals surface area contributed by atoms with Gasteiger partial charge in [-0.3, -0.25) is 10.4 Å². The van der Waals surface area contributed by atoms with Gasteiger partial charge in [-0.2, -0.15) is 5.34 Å². The van der Waals surface area contributed by atoms with E-state index in [4.69, 9.17) is 25.2 Å². The maximum absolute atomic E-state index is 12.5. The minimum atomic E-state index is -1.80. The summed E-state index contributed by atoms with van der Waals surface area (Å²) in [7, 11) is 0. The van der Waals surface area contributed by atoms with Crippen molar-refractivity contribution >= 4 is 18.0 Å². The van der Waals surface area contributed by atoms with Crippen molar-refractivity contribution in [2.45, 2.75) is 76.0 Å². The van der Waals surface area contributed by atoms with Gasteiger partial charge < -0.3 is 56.1 Å². The van der Waals surface area contributed by atoms with E-state index >= 15 is 0 Å². The summed E-state index contributed by atoms with van der Waals surface area (Å²) >= 11 is 0. The lowest BCUT2D eigenvalue weighted by Gasteiger charge is -2.38. The third-order valence-electron chi connectivity index (χ3n) is 4.20. The molecule has 6 atom stereocenters. The number of carbonyl (C=O) groups excluding carboxylic acids is 2. The zero-order valence-corrected chi connectivity index (χ0v) is 18.4. The van der Waals surface area contributed by atoms with E-state index in [9.17, 15) is 35.2 Å². The number of aliphatic hydroxyl groups excluding tert-OH is 4. The molecular formula is C17H32N5O11-. The summed E-state index contributed by atoms with van der Waals surface area (Å²) in [6.07, 6.45) is -8.99. The number of aliphatic hydroxyl groups is 4. The normalized spacial score (nSPS) is 27.1. The Morgan fingerprint density at radius 3 is 2.42 bits per heavy atom. The van der Waals surface area contributed by atoms with E-state index < -0.39 is 66.4 Å². The Morgan fingerprint density at radius 2 is 1.85 bits per heavy atom. The lowest BCUT2D eigenvalue weighted by atomic mass is 9.99. The smallest absolute Gasteiger partial charge is 0.408 e. The monoisotopic (exact) mass is 482 g/mol. The molecule has 0 saturated carbocycles. The lowest BCUT2D eigenvalue weighted by Crippen LogP contribution is -2.59. The highest BCUT2D eigenvalue weighted by atomic mass is 16.8. The second-order valence-corrected chi connectivity index (χ2v) is 8.16.